The van der Waals surface area contributed by atoms with Gasteiger partial charge in [0.15, 0.2) is 0 Å². The van der Waals surface area contributed by atoms with Gasteiger partial charge in [-0.25, -0.2) is 8.42 Å². The lowest BCUT2D eigenvalue weighted by molar-refractivity contribution is -0.121. The summed E-state index contributed by atoms with van der Waals surface area (Å²) in [5.41, 5.74) is 2.09. The molecule has 1 saturated heterocycles. The zero-order valence-electron chi connectivity index (χ0n) is 11.4. The summed E-state index contributed by atoms with van der Waals surface area (Å²) in [7, 11) is -3.32. The molecule has 0 bridgehead atoms. The maximum absolute atomic E-state index is 12.7. The molecule has 0 spiro atoms. The van der Waals surface area contributed by atoms with Crippen molar-refractivity contribution in [3.8, 4) is 0 Å². The van der Waals surface area contributed by atoms with Crippen molar-refractivity contribution in [3.05, 3.63) is 29.8 Å². The van der Waals surface area contributed by atoms with Crippen molar-refractivity contribution in [1.29, 1.82) is 0 Å². The Morgan fingerprint density at radius 1 is 1.25 bits per heavy atom. The van der Waals surface area contributed by atoms with Crippen molar-refractivity contribution in [3.63, 3.8) is 0 Å². The molecule has 1 atom stereocenters. The summed E-state index contributed by atoms with van der Waals surface area (Å²) in [4.78, 5) is 14.4. The molecule has 108 valence electrons. The summed E-state index contributed by atoms with van der Waals surface area (Å²) in [6.45, 7) is 1.09. The molecule has 1 aromatic rings. The molecule has 1 amide bonds. The molecule has 1 aromatic carbocycles. The number of nitrogens with zero attached hydrogens (tertiary/aromatic N) is 2. The van der Waals surface area contributed by atoms with Crippen molar-refractivity contribution in [2.45, 2.75) is 25.3 Å². The maximum atomic E-state index is 12.7. The van der Waals surface area contributed by atoms with Crippen molar-refractivity contribution in [1.82, 2.24) is 4.31 Å². The Bertz CT molecular complexity index is 642. The lowest BCUT2D eigenvalue weighted by Crippen LogP contribution is -2.47. The van der Waals surface area contributed by atoms with Gasteiger partial charge in [0.1, 0.15) is 6.04 Å². The Balaban J connectivity index is 1.87. The third-order valence-corrected chi connectivity index (χ3v) is 5.36. The maximum Gasteiger partial charge on any atom is 0.245 e. The number of carbonyl (C=O) groups excluding carboxylic acids is 1. The van der Waals surface area contributed by atoms with Gasteiger partial charge in [-0.1, -0.05) is 18.2 Å². The van der Waals surface area contributed by atoms with E-state index in [0.29, 0.717) is 19.5 Å². The number of anilines is 1. The fraction of sp³-hybridized carbons (Fsp3) is 0.500. The molecular formula is C14H18N2O3S. The summed E-state index contributed by atoms with van der Waals surface area (Å²) >= 11 is 0. The molecule has 5 nitrogen and oxygen atoms in total. The van der Waals surface area contributed by atoms with E-state index >= 15 is 0 Å². The van der Waals surface area contributed by atoms with E-state index in [1.165, 1.54) is 10.6 Å². The first-order valence-electron chi connectivity index (χ1n) is 6.84. The number of carbonyl (C=O) groups is 1. The lowest BCUT2D eigenvalue weighted by atomic mass is 10.1. The predicted octanol–water partition coefficient (Wildman–Crippen LogP) is 1.000. The fourth-order valence-electron chi connectivity index (χ4n) is 3.13. The first kappa shape index (κ1) is 13.6. The van der Waals surface area contributed by atoms with Gasteiger partial charge in [0.2, 0.25) is 15.9 Å². The summed E-state index contributed by atoms with van der Waals surface area (Å²) in [5.74, 6) is -0.0853. The van der Waals surface area contributed by atoms with Crippen LogP contribution in [-0.4, -0.2) is 44.0 Å². The van der Waals surface area contributed by atoms with E-state index in [1.807, 2.05) is 24.3 Å². The summed E-state index contributed by atoms with van der Waals surface area (Å²) in [5, 5.41) is 0. The summed E-state index contributed by atoms with van der Waals surface area (Å²) < 4.78 is 24.9. The molecule has 0 aliphatic carbocycles. The Kier molecular flexibility index (Phi) is 3.30. The molecule has 1 unspecified atom stereocenters. The number of benzene rings is 1. The molecular weight excluding hydrogens is 276 g/mol. The molecule has 2 heterocycles. The average Bonchev–Trinajstić information content (AvgIpc) is 3.04. The van der Waals surface area contributed by atoms with Gasteiger partial charge in [0.25, 0.3) is 0 Å². The van der Waals surface area contributed by atoms with Crippen molar-refractivity contribution >= 4 is 21.6 Å². The highest BCUT2D eigenvalue weighted by Crippen LogP contribution is 2.31. The van der Waals surface area contributed by atoms with E-state index in [-0.39, 0.29) is 5.91 Å². The van der Waals surface area contributed by atoms with Crippen LogP contribution in [0, 0.1) is 0 Å². The van der Waals surface area contributed by atoms with Gasteiger partial charge in [-0.2, -0.15) is 4.31 Å². The third-order valence-electron chi connectivity index (χ3n) is 4.07. The number of fused-ring (bicyclic) bond motifs is 1. The first-order valence-corrected chi connectivity index (χ1v) is 8.69. The van der Waals surface area contributed by atoms with Crippen LogP contribution < -0.4 is 4.90 Å². The Morgan fingerprint density at radius 2 is 2.00 bits per heavy atom. The van der Waals surface area contributed by atoms with Crippen molar-refractivity contribution < 1.29 is 13.2 Å². The van der Waals surface area contributed by atoms with Gasteiger partial charge in [-0.05, 0) is 30.9 Å². The highest BCUT2D eigenvalue weighted by molar-refractivity contribution is 7.88. The van der Waals surface area contributed by atoms with Crippen LogP contribution in [0.5, 0.6) is 0 Å². The molecule has 20 heavy (non-hydrogen) atoms. The SMILES string of the molecule is CS(=O)(=O)N1CCCC1C(=O)N1CCc2ccccc21. The molecule has 0 aromatic heterocycles. The van der Waals surface area contributed by atoms with Gasteiger partial charge >= 0.3 is 0 Å². The van der Waals surface area contributed by atoms with Gasteiger partial charge in [0, 0.05) is 18.8 Å². The normalized spacial score (nSPS) is 23.1. The summed E-state index contributed by atoms with van der Waals surface area (Å²) in [6.07, 6.45) is 3.38. The second-order valence-corrected chi connectivity index (χ2v) is 7.34. The van der Waals surface area contributed by atoms with Gasteiger partial charge in [0.05, 0.1) is 6.26 Å². The minimum atomic E-state index is -3.32. The Labute approximate surface area is 119 Å². The largest absolute Gasteiger partial charge is 0.310 e. The van der Waals surface area contributed by atoms with E-state index < -0.39 is 16.1 Å². The highest BCUT2D eigenvalue weighted by atomic mass is 32.2. The average molecular weight is 294 g/mol. The third kappa shape index (κ3) is 2.23. The van der Waals surface area contributed by atoms with Crippen molar-refractivity contribution in [2.75, 3.05) is 24.2 Å². The number of hydrogen-bond acceptors (Lipinski definition) is 3. The Morgan fingerprint density at radius 3 is 2.75 bits per heavy atom. The van der Waals surface area contributed by atoms with Crippen LogP contribution in [0.2, 0.25) is 0 Å². The fourth-order valence-corrected chi connectivity index (χ4v) is 4.25. The van der Waals surface area contributed by atoms with E-state index in [1.54, 1.807) is 4.90 Å². The van der Waals surface area contributed by atoms with Crippen LogP contribution in [0.25, 0.3) is 0 Å². The monoisotopic (exact) mass is 294 g/mol. The molecule has 1 fully saturated rings. The highest BCUT2D eigenvalue weighted by Gasteiger charge is 2.40. The molecule has 0 saturated carbocycles. The van der Waals surface area contributed by atoms with Gasteiger partial charge < -0.3 is 4.90 Å². The molecule has 0 radical (unpaired) electrons. The van der Waals surface area contributed by atoms with Crippen LogP contribution in [0.3, 0.4) is 0 Å². The molecule has 3 rings (SSSR count). The quantitative estimate of drug-likeness (QED) is 0.817. The van der Waals surface area contributed by atoms with Crippen LogP contribution >= 0.6 is 0 Å². The predicted molar refractivity (Wildman–Crippen MR) is 77.1 cm³/mol. The molecule has 2 aliphatic rings. The van der Waals surface area contributed by atoms with E-state index in [0.717, 1.165) is 24.1 Å². The van der Waals surface area contributed by atoms with E-state index in [2.05, 4.69) is 0 Å². The van der Waals surface area contributed by atoms with Crippen LogP contribution in [0.4, 0.5) is 5.69 Å². The topological polar surface area (TPSA) is 57.7 Å². The van der Waals surface area contributed by atoms with Crippen molar-refractivity contribution in [2.24, 2.45) is 0 Å². The van der Waals surface area contributed by atoms with Crippen LogP contribution in [0.15, 0.2) is 24.3 Å². The van der Waals surface area contributed by atoms with E-state index in [9.17, 15) is 13.2 Å². The zero-order chi connectivity index (χ0) is 14.3. The van der Waals surface area contributed by atoms with E-state index in [4.69, 9.17) is 0 Å². The van der Waals surface area contributed by atoms with Gasteiger partial charge in [-0.15, -0.1) is 0 Å². The van der Waals surface area contributed by atoms with Crippen LogP contribution in [-0.2, 0) is 21.2 Å². The Hall–Kier alpha value is -1.40. The van der Waals surface area contributed by atoms with Gasteiger partial charge in [-0.3, -0.25) is 4.79 Å². The van der Waals surface area contributed by atoms with Crippen LogP contribution in [0.1, 0.15) is 18.4 Å². The molecule has 0 N–H and O–H groups in total. The minimum Gasteiger partial charge on any atom is -0.310 e. The lowest BCUT2D eigenvalue weighted by Gasteiger charge is -2.26. The number of rotatable bonds is 2. The second kappa shape index (κ2) is 4.86. The molecule has 2 aliphatic heterocycles. The molecule has 6 heteroatoms. The number of amides is 1. The zero-order valence-corrected chi connectivity index (χ0v) is 12.3. The number of hydrogen-bond donors (Lipinski definition) is 0. The second-order valence-electron chi connectivity index (χ2n) is 5.40. The number of para-hydroxylation sites is 1. The summed E-state index contributed by atoms with van der Waals surface area (Å²) in [6, 6.07) is 7.29. The number of sulfonamides is 1. The minimum absolute atomic E-state index is 0.0853. The smallest absolute Gasteiger partial charge is 0.245 e. The first-order chi connectivity index (χ1) is 9.48. The standard InChI is InChI=1S/C14H18N2O3S/c1-20(18,19)16-9-4-7-13(16)14(17)15-10-8-11-5-2-3-6-12(11)15/h2-3,5-6,13H,4,7-10H2,1H3.